The second-order valence-electron chi connectivity index (χ2n) is 6.69. The highest BCUT2D eigenvalue weighted by atomic mass is 32.2. The molecule has 0 spiro atoms. The number of benzene rings is 2. The van der Waals surface area contributed by atoms with Gasteiger partial charge in [0.15, 0.2) is 5.96 Å². The van der Waals surface area contributed by atoms with Crippen LogP contribution in [0.25, 0.3) is 0 Å². The predicted octanol–water partition coefficient (Wildman–Crippen LogP) is 2.00. The molecule has 0 aliphatic heterocycles. The largest absolute Gasteiger partial charge is 0.496 e. The van der Waals surface area contributed by atoms with Crippen LogP contribution in [-0.4, -0.2) is 48.2 Å². The Morgan fingerprint density at radius 2 is 1.69 bits per heavy atom. The van der Waals surface area contributed by atoms with Crippen LogP contribution in [0.1, 0.15) is 16.7 Å². The number of sulfonamides is 1. The third-order valence-corrected chi connectivity index (χ3v) is 5.92. The van der Waals surface area contributed by atoms with E-state index in [1.807, 2.05) is 26.0 Å². The first kappa shape index (κ1) is 22.7. The number of nitrogens with one attached hydrogen (secondary N) is 3. The Hall–Kier alpha value is -2.58. The highest BCUT2D eigenvalue weighted by Gasteiger charge is 2.12. The van der Waals surface area contributed by atoms with Gasteiger partial charge in [-0.05, 0) is 49.6 Å². The predicted molar refractivity (Wildman–Crippen MR) is 117 cm³/mol. The summed E-state index contributed by atoms with van der Waals surface area (Å²) < 4.78 is 32.5. The van der Waals surface area contributed by atoms with Crippen molar-refractivity contribution in [3.63, 3.8) is 0 Å². The minimum absolute atomic E-state index is 0.256. The third-order valence-electron chi connectivity index (χ3n) is 4.44. The minimum atomic E-state index is -3.51. The van der Waals surface area contributed by atoms with Crippen LogP contribution in [0.4, 0.5) is 0 Å². The lowest BCUT2D eigenvalue weighted by Gasteiger charge is -2.13. The molecule has 2 rings (SSSR count). The van der Waals surface area contributed by atoms with Crippen molar-refractivity contribution >= 4 is 16.0 Å². The van der Waals surface area contributed by atoms with Gasteiger partial charge in [0.2, 0.25) is 10.0 Å². The molecule has 0 aliphatic carbocycles. The number of guanidine groups is 1. The molecule has 29 heavy (non-hydrogen) atoms. The van der Waals surface area contributed by atoms with Crippen molar-refractivity contribution in [2.45, 2.75) is 25.2 Å². The monoisotopic (exact) mass is 418 g/mol. The summed E-state index contributed by atoms with van der Waals surface area (Å²) in [5, 5.41) is 6.33. The van der Waals surface area contributed by atoms with Gasteiger partial charge in [-0.2, -0.15) is 0 Å². The molecule has 0 unspecified atom stereocenters. The summed E-state index contributed by atoms with van der Waals surface area (Å²) >= 11 is 0. The molecule has 0 saturated heterocycles. The second-order valence-corrected chi connectivity index (χ2v) is 8.46. The Kier molecular flexibility index (Phi) is 8.48. The van der Waals surface area contributed by atoms with Crippen molar-refractivity contribution in [1.82, 2.24) is 15.4 Å². The maximum absolute atomic E-state index is 12.3. The maximum atomic E-state index is 12.3. The van der Waals surface area contributed by atoms with E-state index in [1.165, 1.54) is 5.56 Å². The van der Waals surface area contributed by atoms with E-state index in [2.05, 4.69) is 26.4 Å². The summed E-state index contributed by atoms with van der Waals surface area (Å²) in [6, 6.07) is 12.9. The number of hydrogen-bond donors (Lipinski definition) is 3. The van der Waals surface area contributed by atoms with Crippen molar-refractivity contribution in [1.29, 1.82) is 0 Å². The molecule has 0 amide bonds. The lowest BCUT2D eigenvalue weighted by molar-refractivity contribution is 0.411. The van der Waals surface area contributed by atoms with Crippen LogP contribution in [-0.2, 0) is 16.4 Å². The van der Waals surface area contributed by atoms with Crippen LogP contribution in [0.15, 0.2) is 52.4 Å². The first-order chi connectivity index (χ1) is 13.9. The molecular formula is C21H30N4O3S. The maximum Gasteiger partial charge on any atom is 0.240 e. The zero-order valence-corrected chi connectivity index (χ0v) is 18.3. The number of methoxy groups -OCH3 is 1. The fourth-order valence-corrected chi connectivity index (χ4v) is 3.76. The number of aryl methyl sites for hydroxylation is 2. The summed E-state index contributed by atoms with van der Waals surface area (Å²) in [5.74, 6) is 1.50. The highest BCUT2D eigenvalue weighted by Crippen LogP contribution is 2.19. The van der Waals surface area contributed by atoms with E-state index in [-0.39, 0.29) is 11.4 Å². The van der Waals surface area contributed by atoms with Gasteiger partial charge in [-0.3, -0.25) is 4.99 Å². The Balaban J connectivity index is 1.74. The summed E-state index contributed by atoms with van der Waals surface area (Å²) in [6.07, 6.45) is 0.817. The summed E-state index contributed by atoms with van der Waals surface area (Å²) in [5.41, 5.74) is 3.29. The van der Waals surface area contributed by atoms with Crippen molar-refractivity contribution in [3.8, 4) is 5.75 Å². The van der Waals surface area contributed by atoms with Crippen LogP contribution in [0.3, 0.4) is 0 Å². The molecule has 0 aliphatic rings. The molecule has 2 aromatic rings. The number of ether oxygens (including phenoxy) is 1. The van der Waals surface area contributed by atoms with Crippen LogP contribution in [0, 0.1) is 13.8 Å². The number of hydrogen-bond acceptors (Lipinski definition) is 4. The minimum Gasteiger partial charge on any atom is -0.496 e. The van der Waals surface area contributed by atoms with Gasteiger partial charge in [-0.15, -0.1) is 0 Å². The van der Waals surface area contributed by atoms with Crippen LogP contribution >= 0.6 is 0 Å². The molecule has 0 radical (unpaired) electrons. The van der Waals surface area contributed by atoms with E-state index in [0.29, 0.717) is 19.0 Å². The molecule has 0 heterocycles. The topological polar surface area (TPSA) is 91.8 Å². The first-order valence-corrected chi connectivity index (χ1v) is 11.0. The molecule has 0 saturated carbocycles. The normalized spacial score (nSPS) is 11.9. The van der Waals surface area contributed by atoms with E-state index in [4.69, 9.17) is 4.74 Å². The average Bonchev–Trinajstić information content (AvgIpc) is 2.71. The van der Waals surface area contributed by atoms with Gasteiger partial charge in [0.05, 0.1) is 12.0 Å². The van der Waals surface area contributed by atoms with E-state index in [9.17, 15) is 8.42 Å². The molecule has 2 aromatic carbocycles. The van der Waals surface area contributed by atoms with E-state index in [1.54, 1.807) is 38.4 Å². The SMILES string of the molecule is CN=C(NCCNS(=O)(=O)c1ccc(C)cc1)NCCc1ccc(C)c(OC)c1. The highest BCUT2D eigenvalue weighted by molar-refractivity contribution is 7.89. The van der Waals surface area contributed by atoms with Gasteiger partial charge >= 0.3 is 0 Å². The van der Waals surface area contributed by atoms with Crippen molar-refractivity contribution in [3.05, 3.63) is 59.2 Å². The molecule has 3 N–H and O–H groups in total. The average molecular weight is 419 g/mol. The first-order valence-electron chi connectivity index (χ1n) is 9.50. The number of rotatable bonds is 9. The molecule has 8 heteroatoms. The standard InChI is InChI=1S/C21H30N4O3S/c1-16-5-9-19(10-6-16)29(26,27)25-14-13-24-21(22-3)23-12-11-18-8-7-17(2)20(15-18)28-4/h5-10,15,25H,11-14H2,1-4H3,(H2,22,23,24). The van der Waals surface area contributed by atoms with E-state index >= 15 is 0 Å². The molecule has 0 bridgehead atoms. The molecule has 0 fully saturated rings. The van der Waals surface area contributed by atoms with Gasteiger partial charge in [0.25, 0.3) is 0 Å². The smallest absolute Gasteiger partial charge is 0.240 e. The summed E-state index contributed by atoms with van der Waals surface area (Å²) in [6.45, 7) is 5.30. The van der Waals surface area contributed by atoms with Crippen LogP contribution < -0.4 is 20.1 Å². The number of aliphatic imine (C=N–C) groups is 1. The summed E-state index contributed by atoms with van der Waals surface area (Å²) in [4.78, 5) is 4.42. The molecule has 7 nitrogen and oxygen atoms in total. The Labute approximate surface area is 173 Å². The van der Waals surface area contributed by atoms with Crippen LogP contribution in [0.5, 0.6) is 5.75 Å². The van der Waals surface area contributed by atoms with E-state index < -0.39 is 10.0 Å². The third kappa shape index (κ3) is 7.07. The van der Waals surface area contributed by atoms with Crippen molar-refractivity contribution in [2.24, 2.45) is 4.99 Å². The van der Waals surface area contributed by atoms with Crippen molar-refractivity contribution in [2.75, 3.05) is 33.8 Å². The zero-order chi connectivity index (χ0) is 21.3. The molecule has 0 aromatic heterocycles. The molecule has 158 valence electrons. The van der Waals surface area contributed by atoms with Gasteiger partial charge < -0.3 is 15.4 Å². The fraction of sp³-hybridized carbons (Fsp3) is 0.381. The lowest BCUT2D eigenvalue weighted by atomic mass is 10.1. The van der Waals surface area contributed by atoms with Gasteiger partial charge in [0, 0.05) is 26.7 Å². The Morgan fingerprint density at radius 1 is 1.00 bits per heavy atom. The van der Waals surface area contributed by atoms with Gasteiger partial charge in [-0.1, -0.05) is 29.8 Å². The Morgan fingerprint density at radius 3 is 2.34 bits per heavy atom. The lowest BCUT2D eigenvalue weighted by Crippen LogP contribution is -2.42. The fourth-order valence-electron chi connectivity index (χ4n) is 2.73. The van der Waals surface area contributed by atoms with Crippen molar-refractivity contribution < 1.29 is 13.2 Å². The van der Waals surface area contributed by atoms with Gasteiger partial charge in [-0.25, -0.2) is 13.1 Å². The van der Waals surface area contributed by atoms with Crippen LogP contribution in [0.2, 0.25) is 0 Å². The zero-order valence-electron chi connectivity index (χ0n) is 17.5. The molecule has 0 atom stereocenters. The number of nitrogens with zero attached hydrogens (tertiary/aromatic N) is 1. The Bertz CT molecular complexity index is 925. The second kappa shape index (κ2) is 10.8. The summed E-state index contributed by atoms with van der Waals surface area (Å²) in [7, 11) is -0.156. The van der Waals surface area contributed by atoms with E-state index in [0.717, 1.165) is 23.3 Å². The van der Waals surface area contributed by atoms with Gasteiger partial charge in [0.1, 0.15) is 5.75 Å². The molecular weight excluding hydrogens is 388 g/mol. The quantitative estimate of drug-likeness (QED) is 0.329.